The molecule has 0 fully saturated rings. The number of rotatable bonds is 1. The van der Waals surface area contributed by atoms with Gasteiger partial charge in [-0.15, -0.1) is 0 Å². The van der Waals surface area contributed by atoms with Gasteiger partial charge in [0, 0.05) is 5.57 Å². The second kappa shape index (κ2) is 7.03. The summed E-state index contributed by atoms with van der Waals surface area (Å²) in [5.41, 5.74) is 0.176. The van der Waals surface area contributed by atoms with Crippen LogP contribution in [0.4, 0.5) is 0 Å². The molecule has 50 valence electrons. The van der Waals surface area contributed by atoms with E-state index in [1.165, 1.54) is 6.92 Å². The molecule has 0 radical (unpaired) electrons. The molecule has 0 saturated carbocycles. The topological polar surface area (TPSA) is 71.4 Å². The van der Waals surface area contributed by atoms with Crippen molar-refractivity contribution in [3.05, 3.63) is 12.2 Å². The molecular formula is C4H6O4Si. The van der Waals surface area contributed by atoms with Crippen molar-refractivity contribution >= 4 is 15.3 Å². The second-order valence-corrected chi connectivity index (χ2v) is 1.34. The summed E-state index contributed by atoms with van der Waals surface area (Å²) in [6.07, 6.45) is 0. The molecule has 0 unspecified atom stereocenters. The Bertz CT molecular complexity index is 133. The highest BCUT2D eigenvalue weighted by Gasteiger charge is 1.90. The van der Waals surface area contributed by atoms with Gasteiger partial charge in [0.1, 0.15) is 0 Å². The minimum atomic E-state index is -1.42. The van der Waals surface area contributed by atoms with E-state index in [0.29, 0.717) is 0 Å². The van der Waals surface area contributed by atoms with Gasteiger partial charge in [0.15, 0.2) is 0 Å². The van der Waals surface area contributed by atoms with Crippen LogP contribution >= 0.6 is 0 Å². The van der Waals surface area contributed by atoms with Crippen LogP contribution in [0.25, 0.3) is 0 Å². The van der Waals surface area contributed by atoms with Crippen molar-refractivity contribution < 1.29 is 18.8 Å². The van der Waals surface area contributed by atoms with Gasteiger partial charge >= 0.3 is 15.3 Å². The molecule has 9 heavy (non-hydrogen) atoms. The van der Waals surface area contributed by atoms with Gasteiger partial charge in [0.25, 0.3) is 0 Å². The Morgan fingerprint density at radius 1 is 1.56 bits per heavy atom. The maximum absolute atomic E-state index is 9.60. The van der Waals surface area contributed by atoms with Crippen LogP contribution in [0.15, 0.2) is 12.2 Å². The minimum absolute atomic E-state index is 0.176. The lowest BCUT2D eigenvalue weighted by Gasteiger charge is -1.79. The first-order chi connectivity index (χ1) is 4.06. The van der Waals surface area contributed by atoms with Gasteiger partial charge in [-0.05, 0) is 6.92 Å². The van der Waals surface area contributed by atoms with E-state index in [1.54, 1.807) is 0 Å². The molecule has 0 aliphatic rings. The first kappa shape index (κ1) is 10.9. The van der Waals surface area contributed by atoms with Crippen LogP contribution in [0.5, 0.6) is 0 Å². The minimum Gasteiger partial charge on any atom is -0.478 e. The molecule has 0 aromatic rings. The van der Waals surface area contributed by atoms with Crippen molar-refractivity contribution in [1.82, 2.24) is 0 Å². The lowest BCUT2D eigenvalue weighted by molar-refractivity contribution is -0.132. The second-order valence-electron chi connectivity index (χ2n) is 1.17. The Hall–Kier alpha value is -0.973. The fourth-order valence-corrected chi connectivity index (χ4v) is 0. The third-order valence-electron chi connectivity index (χ3n) is 0.365. The predicted molar refractivity (Wildman–Crippen MR) is 29.6 cm³/mol. The van der Waals surface area contributed by atoms with Gasteiger partial charge < -0.3 is 5.11 Å². The molecule has 5 heteroatoms. The molecular weight excluding hydrogens is 140 g/mol. The highest BCUT2D eigenvalue weighted by atomic mass is 28.2. The summed E-state index contributed by atoms with van der Waals surface area (Å²) in [6.45, 7) is 4.60. The van der Waals surface area contributed by atoms with E-state index in [9.17, 15) is 4.79 Å². The molecule has 0 atom stereocenters. The summed E-state index contributed by atoms with van der Waals surface area (Å²) >= 11 is 0. The lowest BCUT2D eigenvalue weighted by atomic mass is 10.4. The van der Waals surface area contributed by atoms with E-state index in [2.05, 4.69) is 6.58 Å². The molecule has 0 aliphatic heterocycles. The normalized spacial score (nSPS) is 5.89. The lowest BCUT2D eigenvalue weighted by Crippen LogP contribution is -1.92. The molecule has 0 rings (SSSR count). The first-order valence-corrected chi connectivity index (χ1v) is 2.76. The molecule has 0 spiro atoms. The highest BCUT2D eigenvalue weighted by Crippen LogP contribution is 1.81. The number of hydrogen-bond acceptors (Lipinski definition) is 3. The molecule has 0 aliphatic carbocycles. The van der Waals surface area contributed by atoms with Crippen molar-refractivity contribution in [3.8, 4) is 0 Å². The van der Waals surface area contributed by atoms with E-state index in [0.717, 1.165) is 0 Å². The Balaban J connectivity index is 0. The summed E-state index contributed by atoms with van der Waals surface area (Å²) in [4.78, 5) is 9.60. The quantitative estimate of drug-likeness (QED) is 0.418. The van der Waals surface area contributed by atoms with Crippen LogP contribution in [0.2, 0.25) is 0 Å². The highest BCUT2D eigenvalue weighted by molar-refractivity contribution is 5.94. The van der Waals surface area contributed by atoms with Crippen LogP contribution in [-0.2, 0) is 13.7 Å². The van der Waals surface area contributed by atoms with Crippen LogP contribution in [0, 0.1) is 0 Å². The zero-order valence-electron chi connectivity index (χ0n) is 4.88. The molecule has 0 bridgehead atoms. The van der Waals surface area contributed by atoms with Crippen molar-refractivity contribution in [2.75, 3.05) is 0 Å². The van der Waals surface area contributed by atoms with E-state index >= 15 is 0 Å². The number of aliphatic carboxylic acids is 1. The van der Waals surface area contributed by atoms with Gasteiger partial charge in [-0.25, -0.2) is 4.79 Å². The van der Waals surface area contributed by atoms with E-state index in [-0.39, 0.29) is 5.57 Å². The van der Waals surface area contributed by atoms with Crippen LogP contribution in [0.1, 0.15) is 6.92 Å². The van der Waals surface area contributed by atoms with Crippen molar-refractivity contribution in [3.63, 3.8) is 0 Å². The summed E-state index contributed by atoms with van der Waals surface area (Å²) in [5, 5.41) is 7.89. The van der Waals surface area contributed by atoms with Gasteiger partial charge in [-0.2, -0.15) is 0 Å². The van der Waals surface area contributed by atoms with Crippen LogP contribution < -0.4 is 0 Å². The Labute approximate surface area is 54.1 Å². The number of carboxylic acids is 1. The Morgan fingerprint density at radius 3 is 1.67 bits per heavy atom. The smallest absolute Gasteiger partial charge is 0.478 e. The average molecular weight is 146 g/mol. The van der Waals surface area contributed by atoms with Gasteiger partial charge in [-0.3, -0.25) is 8.92 Å². The Morgan fingerprint density at radius 2 is 1.67 bits per heavy atom. The van der Waals surface area contributed by atoms with Crippen LogP contribution in [0.3, 0.4) is 0 Å². The molecule has 0 saturated heterocycles. The Kier molecular flexibility index (Phi) is 8.52. The summed E-state index contributed by atoms with van der Waals surface area (Å²) in [5.74, 6) is -0.935. The fourth-order valence-electron chi connectivity index (χ4n) is 0. The molecule has 0 heterocycles. The molecule has 0 amide bonds. The zero-order chi connectivity index (χ0) is 7.86. The molecule has 1 N–H and O–H groups in total. The summed E-state index contributed by atoms with van der Waals surface area (Å²) in [6, 6.07) is 0. The van der Waals surface area contributed by atoms with Gasteiger partial charge in [0.05, 0.1) is 0 Å². The van der Waals surface area contributed by atoms with Crippen molar-refractivity contribution in [2.24, 2.45) is 0 Å². The zero-order valence-corrected chi connectivity index (χ0v) is 5.88. The summed E-state index contributed by atoms with van der Waals surface area (Å²) in [7, 11) is -1.42. The summed E-state index contributed by atoms with van der Waals surface area (Å²) < 4.78 is 16.8. The number of carbonyl (C=O) groups is 1. The van der Waals surface area contributed by atoms with E-state index in [1.807, 2.05) is 0 Å². The van der Waals surface area contributed by atoms with Crippen molar-refractivity contribution in [2.45, 2.75) is 6.92 Å². The number of hydrogen-bond donors (Lipinski definition) is 1. The van der Waals surface area contributed by atoms with Gasteiger partial charge in [0.2, 0.25) is 0 Å². The van der Waals surface area contributed by atoms with E-state index < -0.39 is 15.3 Å². The van der Waals surface area contributed by atoms with Gasteiger partial charge in [-0.1, -0.05) is 6.58 Å². The predicted octanol–water partition coefficient (Wildman–Crippen LogP) is 0.0287. The maximum atomic E-state index is 9.60. The molecule has 0 aromatic carbocycles. The van der Waals surface area contributed by atoms with Crippen molar-refractivity contribution in [1.29, 1.82) is 0 Å². The van der Waals surface area contributed by atoms with Crippen LogP contribution in [-0.4, -0.2) is 20.4 Å². The maximum Gasteiger partial charge on any atom is 0.549 e. The number of carboxylic acid groups (broad SMARTS) is 1. The first-order valence-electron chi connectivity index (χ1n) is 1.94. The largest absolute Gasteiger partial charge is 0.549 e. The fraction of sp³-hybridized carbons (Fsp3) is 0.250. The molecule has 0 aromatic heterocycles. The SMILES string of the molecule is C=C(C)C(=O)O.O=[Si]=O. The average Bonchev–Trinajstić information content (AvgIpc) is 1.68. The third kappa shape index (κ3) is 19.4. The molecule has 4 nitrogen and oxygen atoms in total. The standard InChI is InChI=1S/C4H6O2.O2Si/c1-3(2)4(5)6;1-3-2/h1H2,2H3,(H,5,6);. The third-order valence-corrected chi connectivity index (χ3v) is 0.365. The van der Waals surface area contributed by atoms with E-state index in [4.69, 9.17) is 14.0 Å². The monoisotopic (exact) mass is 146 g/mol.